The van der Waals surface area contributed by atoms with Crippen LogP contribution in [0.3, 0.4) is 0 Å². The Morgan fingerprint density at radius 1 is 1.26 bits per heavy atom. The molecule has 1 aromatic carbocycles. The third-order valence-electron chi connectivity index (χ3n) is 2.45. The highest BCUT2D eigenvalue weighted by molar-refractivity contribution is 9.10. The molecule has 0 aliphatic carbocycles. The molecule has 0 fully saturated rings. The summed E-state index contributed by atoms with van der Waals surface area (Å²) < 4.78 is 11.6. The minimum atomic E-state index is 0.629. The number of hydrogen-bond acceptors (Lipinski definition) is 5. The van der Waals surface area contributed by atoms with E-state index >= 15 is 0 Å². The number of ether oxygens (including phenoxy) is 1. The molecule has 0 spiro atoms. The van der Waals surface area contributed by atoms with Crippen molar-refractivity contribution in [3.8, 4) is 5.75 Å². The highest BCUT2D eigenvalue weighted by Crippen LogP contribution is 2.15. The number of hydrogen-bond donors (Lipinski definition) is 1. The topological polar surface area (TPSA) is 60.2 Å². The van der Waals surface area contributed by atoms with Crippen molar-refractivity contribution in [1.29, 1.82) is 0 Å². The van der Waals surface area contributed by atoms with Gasteiger partial charge in [0.25, 0.3) is 0 Å². The van der Waals surface area contributed by atoms with E-state index in [4.69, 9.17) is 9.26 Å². The summed E-state index contributed by atoms with van der Waals surface area (Å²) in [7, 11) is 0. The fraction of sp³-hybridized carbons (Fsp3) is 0.385. The van der Waals surface area contributed by atoms with Gasteiger partial charge in [0.05, 0.1) is 0 Å². The van der Waals surface area contributed by atoms with Gasteiger partial charge in [0.1, 0.15) is 12.4 Å². The van der Waals surface area contributed by atoms with Crippen molar-refractivity contribution in [3.63, 3.8) is 0 Å². The van der Waals surface area contributed by atoms with Crippen LogP contribution < -0.4 is 10.1 Å². The van der Waals surface area contributed by atoms with E-state index in [9.17, 15) is 0 Å². The van der Waals surface area contributed by atoms with E-state index in [0.717, 1.165) is 29.7 Å². The van der Waals surface area contributed by atoms with Gasteiger partial charge in [0, 0.05) is 24.0 Å². The molecule has 5 nitrogen and oxygen atoms in total. The maximum Gasteiger partial charge on any atom is 0.227 e. The predicted octanol–water partition coefficient (Wildman–Crippen LogP) is 2.35. The van der Waals surface area contributed by atoms with Crippen LogP contribution in [0.25, 0.3) is 0 Å². The van der Waals surface area contributed by atoms with Gasteiger partial charge in [-0.3, -0.25) is 0 Å². The molecule has 0 atom stereocenters. The summed E-state index contributed by atoms with van der Waals surface area (Å²) in [5.41, 5.74) is 0. The van der Waals surface area contributed by atoms with Crippen molar-refractivity contribution in [2.24, 2.45) is 0 Å². The quantitative estimate of drug-likeness (QED) is 0.792. The molecule has 0 aliphatic rings. The van der Waals surface area contributed by atoms with Crippen LogP contribution in [0.15, 0.2) is 33.3 Å². The molecule has 0 saturated heterocycles. The summed E-state index contributed by atoms with van der Waals surface area (Å²) >= 11 is 3.38. The van der Waals surface area contributed by atoms with Crippen LogP contribution >= 0.6 is 15.9 Å². The predicted molar refractivity (Wildman–Crippen MR) is 75.2 cm³/mol. The zero-order chi connectivity index (χ0) is 13.5. The Balaban J connectivity index is 1.56. The lowest BCUT2D eigenvalue weighted by Crippen LogP contribution is -2.23. The second-order valence-corrected chi connectivity index (χ2v) is 4.95. The number of rotatable bonds is 7. The lowest BCUT2D eigenvalue weighted by atomic mass is 10.3. The second kappa shape index (κ2) is 7.25. The summed E-state index contributed by atoms with van der Waals surface area (Å²) in [6, 6.07) is 7.79. The minimum Gasteiger partial charge on any atom is -0.492 e. The van der Waals surface area contributed by atoms with Crippen LogP contribution in [0.4, 0.5) is 0 Å². The number of aryl methyl sites for hydroxylation is 1. The van der Waals surface area contributed by atoms with E-state index in [1.807, 2.05) is 31.2 Å². The monoisotopic (exact) mass is 325 g/mol. The van der Waals surface area contributed by atoms with E-state index < -0.39 is 0 Å². The second-order valence-electron chi connectivity index (χ2n) is 4.04. The number of aromatic nitrogens is 2. The van der Waals surface area contributed by atoms with Gasteiger partial charge < -0.3 is 14.6 Å². The van der Waals surface area contributed by atoms with E-state index in [2.05, 4.69) is 31.4 Å². The Labute approximate surface area is 120 Å². The SMILES string of the molecule is Cc1noc(CCNCCOc2ccc(Br)cc2)n1. The molecule has 0 unspecified atom stereocenters. The largest absolute Gasteiger partial charge is 0.492 e. The Hall–Kier alpha value is -1.40. The number of nitrogens with one attached hydrogen (secondary N) is 1. The zero-order valence-electron chi connectivity index (χ0n) is 10.7. The molecular weight excluding hydrogens is 310 g/mol. The number of halogens is 1. The van der Waals surface area contributed by atoms with Gasteiger partial charge in [0.2, 0.25) is 5.89 Å². The Kier molecular flexibility index (Phi) is 5.35. The van der Waals surface area contributed by atoms with Gasteiger partial charge in [0.15, 0.2) is 5.82 Å². The third kappa shape index (κ3) is 5.00. The first kappa shape index (κ1) is 14.0. The maximum atomic E-state index is 5.58. The molecular formula is C13H16BrN3O2. The molecule has 2 aromatic rings. The standard InChI is InChI=1S/C13H16BrN3O2/c1-10-16-13(19-17-10)6-7-15-8-9-18-12-4-2-11(14)3-5-12/h2-5,15H,6-9H2,1H3. The molecule has 0 saturated carbocycles. The summed E-state index contributed by atoms with van der Waals surface area (Å²) in [5, 5.41) is 7.00. The van der Waals surface area contributed by atoms with Crippen molar-refractivity contribution < 1.29 is 9.26 Å². The van der Waals surface area contributed by atoms with Crippen molar-refractivity contribution in [1.82, 2.24) is 15.5 Å². The lowest BCUT2D eigenvalue weighted by Gasteiger charge is -2.06. The Bertz CT molecular complexity index is 499. The fourth-order valence-electron chi connectivity index (χ4n) is 1.53. The van der Waals surface area contributed by atoms with Crippen LogP contribution in [-0.2, 0) is 6.42 Å². The first-order valence-corrected chi connectivity index (χ1v) is 6.91. The summed E-state index contributed by atoms with van der Waals surface area (Å²) in [6.45, 7) is 4.02. The molecule has 0 bridgehead atoms. The smallest absolute Gasteiger partial charge is 0.227 e. The van der Waals surface area contributed by atoms with Crippen LogP contribution in [-0.4, -0.2) is 29.8 Å². The molecule has 1 heterocycles. The summed E-state index contributed by atoms with van der Waals surface area (Å²) in [4.78, 5) is 4.13. The fourth-order valence-corrected chi connectivity index (χ4v) is 1.80. The molecule has 102 valence electrons. The van der Waals surface area contributed by atoms with Gasteiger partial charge in [-0.1, -0.05) is 21.1 Å². The van der Waals surface area contributed by atoms with Crippen molar-refractivity contribution >= 4 is 15.9 Å². The zero-order valence-corrected chi connectivity index (χ0v) is 12.3. The normalized spacial score (nSPS) is 10.6. The van der Waals surface area contributed by atoms with Crippen LogP contribution in [0.1, 0.15) is 11.7 Å². The summed E-state index contributed by atoms with van der Waals surface area (Å²) in [6.07, 6.45) is 0.735. The lowest BCUT2D eigenvalue weighted by molar-refractivity contribution is 0.312. The van der Waals surface area contributed by atoms with Crippen molar-refractivity contribution in [2.75, 3.05) is 19.7 Å². The van der Waals surface area contributed by atoms with Gasteiger partial charge in [-0.2, -0.15) is 4.98 Å². The highest BCUT2D eigenvalue weighted by Gasteiger charge is 2.01. The number of benzene rings is 1. The minimum absolute atomic E-state index is 0.629. The van der Waals surface area contributed by atoms with Gasteiger partial charge in [-0.25, -0.2) is 0 Å². The van der Waals surface area contributed by atoms with Crippen LogP contribution in [0, 0.1) is 6.92 Å². The average Bonchev–Trinajstić information content (AvgIpc) is 2.81. The molecule has 1 N–H and O–H groups in total. The molecule has 19 heavy (non-hydrogen) atoms. The molecule has 6 heteroatoms. The number of nitrogens with zero attached hydrogens (tertiary/aromatic N) is 2. The third-order valence-corrected chi connectivity index (χ3v) is 2.98. The first-order valence-electron chi connectivity index (χ1n) is 6.12. The van der Waals surface area contributed by atoms with E-state index in [1.165, 1.54) is 0 Å². The van der Waals surface area contributed by atoms with E-state index in [-0.39, 0.29) is 0 Å². The molecule has 2 rings (SSSR count). The van der Waals surface area contributed by atoms with Gasteiger partial charge in [-0.05, 0) is 31.2 Å². The maximum absolute atomic E-state index is 5.58. The van der Waals surface area contributed by atoms with E-state index in [1.54, 1.807) is 0 Å². The van der Waals surface area contributed by atoms with Crippen LogP contribution in [0.5, 0.6) is 5.75 Å². The first-order chi connectivity index (χ1) is 9.24. The Morgan fingerprint density at radius 2 is 2.05 bits per heavy atom. The van der Waals surface area contributed by atoms with Gasteiger partial charge in [-0.15, -0.1) is 0 Å². The van der Waals surface area contributed by atoms with E-state index in [0.29, 0.717) is 18.3 Å². The highest BCUT2D eigenvalue weighted by atomic mass is 79.9. The molecule has 0 aliphatic heterocycles. The van der Waals surface area contributed by atoms with Gasteiger partial charge >= 0.3 is 0 Å². The average molecular weight is 326 g/mol. The van der Waals surface area contributed by atoms with Crippen LogP contribution in [0.2, 0.25) is 0 Å². The molecule has 1 aromatic heterocycles. The molecule has 0 amide bonds. The molecule has 0 radical (unpaired) electrons. The van der Waals surface area contributed by atoms with Crippen molar-refractivity contribution in [2.45, 2.75) is 13.3 Å². The summed E-state index contributed by atoms with van der Waals surface area (Å²) in [5.74, 6) is 2.21. The van der Waals surface area contributed by atoms with Crippen molar-refractivity contribution in [3.05, 3.63) is 40.5 Å². The Morgan fingerprint density at radius 3 is 2.74 bits per heavy atom.